The van der Waals surface area contributed by atoms with Crippen molar-refractivity contribution >= 4 is 5.97 Å². The Labute approximate surface area is 135 Å². The number of hydrogen-bond acceptors (Lipinski definition) is 5. The second-order valence-corrected chi connectivity index (χ2v) is 5.71. The first-order valence-electron chi connectivity index (χ1n) is 7.88. The molecule has 122 valence electrons. The fraction of sp³-hybridized carbons (Fsp3) is 0.471. The van der Waals surface area contributed by atoms with Gasteiger partial charge in [0, 0.05) is 13.0 Å². The lowest BCUT2D eigenvalue weighted by Gasteiger charge is -2.11. The van der Waals surface area contributed by atoms with E-state index in [-0.39, 0.29) is 11.9 Å². The number of ether oxygens (including phenoxy) is 2. The molecule has 3 rings (SSSR count). The number of rotatable bonds is 5. The number of benzene rings is 1. The highest BCUT2D eigenvalue weighted by molar-refractivity contribution is 5.72. The van der Waals surface area contributed by atoms with Gasteiger partial charge < -0.3 is 14.0 Å². The molecule has 6 heteroatoms. The van der Waals surface area contributed by atoms with Crippen LogP contribution in [0.3, 0.4) is 0 Å². The Bertz CT molecular complexity index is 654. The molecular weight excluding hydrogens is 294 g/mol. The predicted octanol–water partition coefficient (Wildman–Crippen LogP) is 2.12. The zero-order valence-electron chi connectivity index (χ0n) is 13.3. The maximum atomic E-state index is 11.7. The van der Waals surface area contributed by atoms with Crippen molar-refractivity contribution in [1.29, 1.82) is 0 Å². The molecule has 1 aromatic heterocycles. The third kappa shape index (κ3) is 3.76. The maximum Gasteiger partial charge on any atom is 0.308 e. The van der Waals surface area contributed by atoms with Crippen LogP contribution in [-0.2, 0) is 40.4 Å². The van der Waals surface area contributed by atoms with Crippen molar-refractivity contribution in [2.24, 2.45) is 5.92 Å². The summed E-state index contributed by atoms with van der Waals surface area (Å²) in [5.74, 6) is 1.56. The summed E-state index contributed by atoms with van der Waals surface area (Å²) in [5.41, 5.74) is 1.13. The van der Waals surface area contributed by atoms with Crippen LogP contribution in [0.5, 0.6) is 0 Å². The highest BCUT2D eigenvalue weighted by Crippen LogP contribution is 2.21. The summed E-state index contributed by atoms with van der Waals surface area (Å²) in [6.07, 6.45) is 2.25. The van der Waals surface area contributed by atoms with Crippen molar-refractivity contribution in [1.82, 2.24) is 14.8 Å². The second kappa shape index (κ2) is 7.37. The van der Waals surface area contributed by atoms with Gasteiger partial charge in [0.25, 0.3) is 0 Å². The summed E-state index contributed by atoms with van der Waals surface area (Å²) in [5, 5.41) is 8.48. The first kappa shape index (κ1) is 15.7. The Morgan fingerprint density at radius 3 is 2.83 bits per heavy atom. The standard InChI is InChI=1S/C17H21N3O3/c1-22-17(21)14-7-8-15-18-19-16(20(15)10-9-14)12-23-11-13-5-3-2-4-6-13/h2-6,14H,7-12H2,1H3. The number of methoxy groups -OCH3 is 1. The molecule has 23 heavy (non-hydrogen) atoms. The second-order valence-electron chi connectivity index (χ2n) is 5.71. The minimum Gasteiger partial charge on any atom is -0.469 e. The van der Waals surface area contributed by atoms with Crippen LogP contribution in [-0.4, -0.2) is 27.8 Å². The normalized spacial score (nSPS) is 17.3. The van der Waals surface area contributed by atoms with E-state index in [0.29, 0.717) is 13.2 Å². The predicted molar refractivity (Wildman–Crippen MR) is 83.4 cm³/mol. The fourth-order valence-corrected chi connectivity index (χ4v) is 2.89. The fourth-order valence-electron chi connectivity index (χ4n) is 2.89. The Morgan fingerprint density at radius 1 is 1.22 bits per heavy atom. The van der Waals surface area contributed by atoms with Gasteiger partial charge in [0.2, 0.25) is 0 Å². The SMILES string of the molecule is COC(=O)C1CCc2nnc(COCc3ccccc3)n2CC1. The summed E-state index contributed by atoms with van der Waals surface area (Å²) < 4.78 is 12.7. The van der Waals surface area contributed by atoms with Gasteiger partial charge >= 0.3 is 5.97 Å². The molecule has 0 saturated heterocycles. The molecule has 1 aromatic carbocycles. The average molecular weight is 315 g/mol. The van der Waals surface area contributed by atoms with E-state index in [9.17, 15) is 4.79 Å². The molecule has 2 heterocycles. The van der Waals surface area contributed by atoms with Crippen molar-refractivity contribution in [3.63, 3.8) is 0 Å². The Balaban J connectivity index is 1.59. The van der Waals surface area contributed by atoms with E-state index in [4.69, 9.17) is 9.47 Å². The van der Waals surface area contributed by atoms with Crippen molar-refractivity contribution in [3.8, 4) is 0 Å². The molecule has 0 amide bonds. The van der Waals surface area contributed by atoms with E-state index in [0.717, 1.165) is 43.0 Å². The smallest absolute Gasteiger partial charge is 0.308 e. The first-order valence-corrected chi connectivity index (χ1v) is 7.88. The van der Waals surface area contributed by atoms with Crippen LogP contribution in [0.1, 0.15) is 30.1 Å². The van der Waals surface area contributed by atoms with Crippen LogP contribution in [0.15, 0.2) is 30.3 Å². The van der Waals surface area contributed by atoms with Gasteiger partial charge in [0.15, 0.2) is 5.82 Å². The summed E-state index contributed by atoms with van der Waals surface area (Å²) >= 11 is 0. The largest absolute Gasteiger partial charge is 0.469 e. The van der Waals surface area contributed by atoms with Crippen LogP contribution >= 0.6 is 0 Å². The number of carbonyl (C=O) groups excluding carboxylic acids is 1. The van der Waals surface area contributed by atoms with Gasteiger partial charge in [-0.1, -0.05) is 30.3 Å². The van der Waals surface area contributed by atoms with Crippen LogP contribution in [0.4, 0.5) is 0 Å². The minimum atomic E-state index is -0.134. The lowest BCUT2D eigenvalue weighted by atomic mass is 10.0. The highest BCUT2D eigenvalue weighted by Gasteiger charge is 2.25. The molecule has 0 aliphatic carbocycles. The van der Waals surface area contributed by atoms with Gasteiger partial charge in [0.05, 0.1) is 19.6 Å². The molecule has 0 saturated carbocycles. The number of nitrogens with zero attached hydrogens (tertiary/aromatic N) is 3. The molecule has 6 nitrogen and oxygen atoms in total. The van der Waals surface area contributed by atoms with Crippen LogP contribution in [0.25, 0.3) is 0 Å². The van der Waals surface area contributed by atoms with Crippen molar-refractivity contribution < 1.29 is 14.3 Å². The highest BCUT2D eigenvalue weighted by atomic mass is 16.5. The Hall–Kier alpha value is -2.21. The van der Waals surface area contributed by atoms with Crippen LogP contribution in [0.2, 0.25) is 0 Å². The molecule has 0 N–H and O–H groups in total. The van der Waals surface area contributed by atoms with E-state index in [2.05, 4.69) is 14.8 Å². The zero-order chi connectivity index (χ0) is 16.1. The number of aromatic nitrogens is 3. The number of carbonyl (C=O) groups is 1. The van der Waals surface area contributed by atoms with E-state index in [1.165, 1.54) is 7.11 Å². The topological polar surface area (TPSA) is 66.2 Å². The Kier molecular flexibility index (Phi) is 5.02. The first-order chi connectivity index (χ1) is 11.3. The maximum absolute atomic E-state index is 11.7. The summed E-state index contributed by atoms with van der Waals surface area (Å²) in [7, 11) is 1.44. The lowest BCUT2D eigenvalue weighted by Crippen LogP contribution is -2.17. The summed E-state index contributed by atoms with van der Waals surface area (Å²) in [6, 6.07) is 10.0. The quantitative estimate of drug-likeness (QED) is 0.791. The van der Waals surface area contributed by atoms with E-state index in [1.807, 2.05) is 30.3 Å². The van der Waals surface area contributed by atoms with Crippen molar-refractivity contribution in [2.75, 3.05) is 7.11 Å². The van der Waals surface area contributed by atoms with Crippen molar-refractivity contribution in [3.05, 3.63) is 47.5 Å². The van der Waals surface area contributed by atoms with Gasteiger partial charge in [-0.05, 0) is 18.4 Å². The average Bonchev–Trinajstić information content (AvgIpc) is 2.85. The molecule has 0 spiro atoms. The number of hydrogen-bond donors (Lipinski definition) is 0. The van der Waals surface area contributed by atoms with Crippen molar-refractivity contribution in [2.45, 2.75) is 39.0 Å². The van der Waals surface area contributed by atoms with E-state index in [1.54, 1.807) is 0 Å². The molecule has 0 fully saturated rings. The minimum absolute atomic E-state index is 0.0558. The van der Waals surface area contributed by atoms with E-state index >= 15 is 0 Å². The summed E-state index contributed by atoms with van der Waals surface area (Å²) in [4.78, 5) is 11.7. The van der Waals surface area contributed by atoms with Crippen LogP contribution < -0.4 is 0 Å². The lowest BCUT2D eigenvalue weighted by molar-refractivity contribution is -0.145. The number of esters is 1. The van der Waals surface area contributed by atoms with Gasteiger partial charge in [-0.2, -0.15) is 0 Å². The number of aryl methyl sites for hydroxylation is 1. The molecule has 0 bridgehead atoms. The molecule has 1 unspecified atom stereocenters. The van der Waals surface area contributed by atoms with Crippen LogP contribution in [0, 0.1) is 5.92 Å². The van der Waals surface area contributed by atoms with Gasteiger partial charge in [-0.15, -0.1) is 10.2 Å². The number of fused-ring (bicyclic) bond motifs is 1. The molecule has 1 aliphatic heterocycles. The van der Waals surface area contributed by atoms with Gasteiger partial charge in [0.1, 0.15) is 12.4 Å². The molecule has 1 aliphatic rings. The van der Waals surface area contributed by atoms with Gasteiger partial charge in [-0.25, -0.2) is 0 Å². The molecule has 1 atom stereocenters. The monoisotopic (exact) mass is 315 g/mol. The Morgan fingerprint density at radius 2 is 2.04 bits per heavy atom. The third-order valence-electron chi connectivity index (χ3n) is 4.20. The molecule has 0 radical (unpaired) electrons. The zero-order valence-corrected chi connectivity index (χ0v) is 13.3. The molecule has 2 aromatic rings. The molecular formula is C17H21N3O3. The summed E-state index contributed by atoms with van der Waals surface area (Å²) in [6.45, 7) is 1.70. The van der Waals surface area contributed by atoms with Gasteiger partial charge in [-0.3, -0.25) is 4.79 Å². The third-order valence-corrected chi connectivity index (χ3v) is 4.20. The van der Waals surface area contributed by atoms with E-state index < -0.39 is 0 Å².